The fourth-order valence-corrected chi connectivity index (χ4v) is 6.46. The first-order valence-corrected chi connectivity index (χ1v) is 10.4. The lowest BCUT2D eigenvalue weighted by Gasteiger charge is -2.33. The van der Waals surface area contributed by atoms with Crippen LogP contribution in [0.3, 0.4) is 0 Å². The molecule has 0 aromatic heterocycles. The summed E-state index contributed by atoms with van der Waals surface area (Å²) in [5.41, 5.74) is 0. The van der Waals surface area contributed by atoms with Crippen LogP contribution in [0.4, 0.5) is 0 Å². The first kappa shape index (κ1) is 15.0. The zero-order chi connectivity index (χ0) is 12.6. The van der Waals surface area contributed by atoms with E-state index in [4.69, 9.17) is 0 Å². The average Bonchev–Trinajstić information content (AvgIpc) is 2.41. The van der Waals surface area contributed by atoms with Crippen molar-refractivity contribution in [2.45, 2.75) is 64.2 Å². The maximum atomic E-state index is 2.71. The first-order valence-electron chi connectivity index (χ1n) is 7.60. The SMILES string of the molecule is C/C=C/C[Si](CC)(CC)CCN1CCCCC1. The summed E-state index contributed by atoms with van der Waals surface area (Å²) in [6.07, 6.45) is 8.99. The van der Waals surface area contributed by atoms with Gasteiger partial charge >= 0.3 is 0 Å². The number of piperidine rings is 1. The Morgan fingerprint density at radius 1 is 1.06 bits per heavy atom. The van der Waals surface area contributed by atoms with Crippen LogP contribution in [0.1, 0.15) is 40.0 Å². The van der Waals surface area contributed by atoms with Gasteiger partial charge in [0.25, 0.3) is 0 Å². The molecule has 0 radical (unpaired) electrons. The Morgan fingerprint density at radius 3 is 2.24 bits per heavy atom. The molecule has 1 aliphatic heterocycles. The van der Waals surface area contributed by atoms with E-state index in [1.807, 2.05) is 0 Å². The highest BCUT2D eigenvalue weighted by atomic mass is 28.3. The summed E-state index contributed by atoms with van der Waals surface area (Å²) in [6.45, 7) is 11.1. The summed E-state index contributed by atoms with van der Waals surface area (Å²) < 4.78 is 0. The summed E-state index contributed by atoms with van der Waals surface area (Å²) in [6, 6.07) is 5.85. The Morgan fingerprint density at radius 2 is 1.71 bits per heavy atom. The van der Waals surface area contributed by atoms with Gasteiger partial charge in [-0.15, -0.1) is 0 Å². The summed E-state index contributed by atoms with van der Waals surface area (Å²) in [5, 5.41) is 0. The molecule has 0 aromatic carbocycles. The molecule has 0 spiro atoms. The van der Waals surface area contributed by atoms with E-state index in [0.29, 0.717) is 0 Å². The Balaban J connectivity index is 2.41. The molecule has 0 bridgehead atoms. The van der Waals surface area contributed by atoms with E-state index in [1.165, 1.54) is 63.1 Å². The second kappa shape index (κ2) is 8.10. The highest BCUT2D eigenvalue weighted by Gasteiger charge is 2.27. The molecule has 17 heavy (non-hydrogen) atoms. The van der Waals surface area contributed by atoms with E-state index in [1.54, 1.807) is 0 Å². The van der Waals surface area contributed by atoms with E-state index in [0.717, 1.165) is 0 Å². The maximum absolute atomic E-state index is 2.71. The van der Waals surface area contributed by atoms with Crippen LogP contribution in [-0.2, 0) is 0 Å². The van der Waals surface area contributed by atoms with Crippen molar-refractivity contribution in [2.75, 3.05) is 19.6 Å². The van der Waals surface area contributed by atoms with Gasteiger partial charge in [-0.2, -0.15) is 0 Å². The van der Waals surface area contributed by atoms with Crippen molar-refractivity contribution in [1.29, 1.82) is 0 Å². The van der Waals surface area contributed by atoms with E-state index in [2.05, 4.69) is 37.8 Å². The van der Waals surface area contributed by atoms with Crippen LogP contribution in [0.15, 0.2) is 12.2 Å². The molecular weight excluding hydrogens is 222 g/mol. The van der Waals surface area contributed by atoms with Crippen LogP contribution in [0.5, 0.6) is 0 Å². The molecule has 0 amide bonds. The van der Waals surface area contributed by atoms with E-state index >= 15 is 0 Å². The largest absolute Gasteiger partial charge is 0.304 e. The van der Waals surface area contributed by atoms with Gasteiger partial charge in [0.1, 0.15) is 0 Å². The topological polar surface area (TPSA) is 3.24 Å². The second-order valence-electron chi connectivity index (χ2n) is 5.63. The molecular formula is C15H31NSi. The lowest BCUT2D eigenvalue weighted by molar-refractivity contribution is 0.239. The van der Waals surface area contributed by atoms with Crippen molar-refractivity contribution < 1.29 is 0 Å². The van der Waals surface area contributed by atoms with Gasteiger partial charge in [-0.1, -0.05) is 44.5 Å². The minimum atomic E-state index is -0.977. The van der Waals surface area contributed by atoms with Crippen molar-refractivity contribution in [3.63, 3.8) is 0 Å². The van der Waals surface area contributed by atoms with Gasteiger partial charge in [0.05, 0.1) is 8.07 Å². The highest BCUT2D eigenvalue weighted by Crippen LogP contribution is 2.26. The summed E-state index contributed by atoms with van der Waals surface area (Å²) in [4.78, 5) is 2.71. The van der Waals surface area contributed by atoms with Crippen LogP contribution in [0.2, 0.25) is 24.2 Å². The molecule has 1 rings (SSSR count). The number of hydrogen-bond acceptors (Lipinski definition) is 1. The first-order chi connectivity index (χ1) is 8.26. The van der Waals surface area contributed by atoms with Crippen LogP contribution in [0, 0.1) is 0 Å². The Hall–Kier alpha value is -0.0831. The zero-order valence-electron chi connectivity index (χ0n) is 12.2. The quantitative estimate of drug-likeness (QED) is 0.476. The number of allylic oxidation sites excluding steroid dienone is 2. The molecule has 100 valence electrons. The Kier molecular flexibility index (Phi) is 7.13. The molecule has 1 heterocycles. The molecule has 0 saturated carbocycles. The van der Waals surface area contributed by atoms with Gasteiger partial charge in [0.2, 0.25) is 0 Å². The van der Waals surface area contributed by atoms with Crippen LogP contribution in [-0.4, -0.2) is 32.6 Å². The molecule has 1 fully saturated rings. The maximum Gasteiger partial charge on any atom is 0.0580 e. The zero-order valence-corrected chi connectivity index (χ0v) is 13.2. The van der Waals surface area contributed by atoms with Crippen molar-refractivity contribution in [2.24, 2.45) is 0 Å². The molecule has 0 atom stereocenters. The Bertz CT molecular complexity index is 215. The lowest BCUT2D eigenvalue weighted by Crippen LogP contribution is -2.38. The summed E-state index contributed by atoms with van der Waals surface area (Å²) in [5.74, 6) is 0. The molecule has 0 N–H and O–H groups in total. The van der Waals surface area contributed by atoms with Gasteiger partial charge in [0.15, 0.2) is 0 Å². The third-order valence-corrected chi connectivity index (χ3v) is 10.1. The van der Waals surface area contributed by atoms with Gasteiger partial charge in [-0.05, 0) is 51.5 Å². The molecule has 1 saturated heterocycles. The number of hydrogen-bond donors (Lipinski definition) is 0. The summed E-state index contributed by atoms with van der Waals surface area (Å²) in [7, 11) is -0.977. The smallest absolute Gasteiger partial charge is 0.0580 e. The van der Waals surface area contributed by atoms with Gasteiger partial charge in [-0.25, -0.2) is 0 Å². The third kappa shape index (κ3) is 4.97. The minimum absolute atomic E-state index is 0.977. The number of rotatable bonds is 7. The summed E-state index contributed by atoms with van der Waals surface area (Å²) >= 11 is 0. The highest BCUT2D eigenvalue weighted by molar-refractivity contribution is 6.80. The average molecular weight is 254 g/mol. The van der Waals surface area contributed by atoms with Crippen LogP contribution in [0.25, 0.3) is 0 Å². The minimum Gasteiger partial charge on any atom is -0.304 e. The van der Waals surface area contributed by atoms with Crippen molar-refractivity contribution in [3.05, 3.63) is 12.2 Å². The van der Waals surface area contributed by atoms with Crippen molar-refractivity contribution >= 4 is 8.07 Å². The van der Waals surface area contributed by atoms with Crippen molar-refractivity contribution in [1.82, 2.24) is 4.90 Å². The fraction of sp³-hybridized carbons (Fsp3) is 0.867. The standard InChI is InChI=1S/C15H31NSi/c1-4-7-14-17(5-2,6-3)15-13-16-11-9-8-10-12-16/h4,7H,5-6,8-15H2,1-3H3/b7-4+. The molecule has 1 aliphatic rings. The lowest BCUT2D eigenvalue weighted by atomic mass is 10.1. The van der Waals surface area contributed by atoms with E-state index in [9.17, 15) is 0 Å². The number of likely N-dealkylation sites (tertiary alicyclic amines) is 1. The second-order valence-corrected chi connectivity index (χ2v) is 11.0. The van der Waals surface area contributed by atoms with E-state index < -0.39 is 8.07 Å². The van der Waals surface area contributed by atoms with Gasteiger partial charge in [0, 0.05) is 0 Å². The molecule has 0 aliphatic carbocycles. The Labute approximate surface area is 109 Å². The predicted molar refractivity (Wildman–Crippen MR) is 81.4 cm³/mol. The van der Waals surface area contributed by atoms with Crippen LogP contribution >= 0.6 is 0 Å². The van der Waals surface area contributed by atoms with Gasteiger partial charge < -0.3 is 4.90 Å². The molecule has 0 aromatic rings. The van der Waals surface area contributed by atoms with Crippen molar-refractivity contribution in [3.8, 4) is 0 Å². The third-order valence-electron chi connectivity index (χ3n) is 4.69. The van der Waals surface area contributed by atoms with Crippen LogP contribution < -0.4 is 0 Å². The van der Waals surface area contributed by atoms with E-state index in [-0.39, 0.29) is 0 Å². The molecule has 2 heteroatoms. The predicted octanol–water partition coefficient (Wildman–Crippen LogP) is 4.54. The van der Waals surface area contributed by atoms with Gasteiger partial charge in [-0.3, -0.25) is 0 Å². The number of nitrogens with zero attached hydrogens (tertiary/aromatic N) is 1. The molecule has 0 unspecified atom stereocenters. The molecule has 1 nitrogen and oxygen atoms in total. The monoisotopic (exact) mass is 253 g/mol. The normalized spacial score (nSPS) is 19.0. The fourth-order valence-electron chi connectivity index (χ4n) is 2.94.